The number of carbonyl (C=O) groups is 2. The van der Waals surface area contributed by atoms with Crippen molar-refractivity contribution >= 4 is 23.0 Å². The third kappa shape index (κ3) is 2.30. The van der Waals surface area contributed by atoms with Crippen LogP contribution in [-0.4, -0.2) is 21.1 Å². The van der Waals surface area contributed by atoms with E-state index in [1.54, 1.807) is 0 Å². The first-order valence-electron chi connectivity index (χ1n) is 5.54. The molecule has 0 bridgehead atoms. The molecule has 1 aromatic carbocycles. The monoisotopic (exact) mass is 276 g/mol. The fourth-order valence-electron chi connectivity index (χ4n) is 1.94. The molecule has 1 heterocycles. The van der Waals surface area contributed by atoms with Gasteiger partial charge in [0.05, 0.1) is 36.1 Å². The van der Waals surface area contributed by atoms with E-state index in [9.17, 15) is 29.4 Å². The molecule has 0 unspecified atom stereocenters. The highest BCUT2D eigenvalue weighted by Gasteiger charge is 2.12. The molecule has 20 heavy (non-hydrogen) atoms. The van der Waals surface area contributed by atoms with Crippen molar-refractivity contribution in [1.82, 2.24) is 9.13 Å². The second-order valence-electron chi connectivity index (χ2n) is 4.02. The molecule has 0 fully saturated rings. The quantitative estimate of drug-likeness (QED) is 0.538. The Morgan fingerprint density at radius 3 is 1.50 bits per heavy atom. The molecule has 0 aliphatic rings. The summed E-state index contributed by atoms with van der Waals surface area (Å²) in [4.78, 5) is 45.0. The SMILES string of the molecule is O=C([O-])Cn1c(=O)c(=O)n(CC(=O)[O-])c2ccccc21. The number of aromatic nitrogens is 2. The molecule has 0 spiro atoms. The number of nitrogens with zero attached hydrogens (tertiary/aromatic N) is 2. The van der Waals surface area contributed by atoms with Gasteiger partial charge in [0.15, 0.2) is 0 Å². The molecule has 0 saturated heterocycles. The van der Waals surface area contributed by atoms with Crippen molar-refractivity contribution in [3.63, 3.8) is 0 Å². The van der Waals surface area contributed by atoms with Gasteiger partial charge in [-0.2, -0.15) is 0 Å². The Kier molecular flexibility index (Phi) is 3.38. The minimum absolute atomic E-state index is 0.127. The predicted octanol–water partition coefficient (Wildman–Crippen LogP) is -3.34. The van der Waals surface area contributed by atoms with E-state index in [1.807, 2.05) is 0 Å². The Morgan fingerprint density at radius 2 is 1.20 bits per heavy atom. The number of benzene rings is 1. The van der Waals surface area contributed by atoms with Crippen LogP contribution < -0.4 is 21.3 Å². The maximum absolute atomic E-state index is 11.8. The molecule has 0 aliphatic heterocycles. The Balaban J connectivity index is 2.88. The average molecular weight is 276 g/mol. The smallest absolute Gasteiger partial charge is 0.317 e. The summed E-state index contributed by atoms with van der Waals surface area (Å²) in [7, 11) is 0. The number of aliphatic carboxylic acids is 2. The molecule has 8 nitrogen and oxygen atoms in total. The second kappa shape index (κ2) is 5.00. The van der Waals surface area contributed by atoms with E-state index in [4.69, 9.17) is 0 Å². The van der Waals surface area contributed by atoms with Gasteiger partial charge in [0.2, 0.25) is 0 Å². The lowest BCUT2D eigenvalue weighted by molar-refractivity contribution is -0.308. The zero-order valence-electron chi connectivity index (χ0n) is 10.1. The first-order chi connectivity index (χ1) is 9.41. The van der Waals surface area contributed by atoms with Gasteiger partial charge >= 0.3 is 11.1 Å². The van der Waals surface area contributed by atoms with Crippen molar-refractivity contribution in [3.05, 3.63) is 45.0 Å². The van der Waals surface area contributed by atoms with Crippen LogP contribution in [-0.2, 0) is 22.7 Å². The van der Waals surface area contributed by atoms with Gasteiger partial charge in [0.25, 0.3) is 0 Å². The summed E-state index contributed by atoms with van der Waals surface area (Å²) in [5.41, 5.74) is -2.01. The van der Waals surface area contributed by atoms with Crippen LogP contribution >= 0.6 is 0 Å². The van der Waals surface area contributed by atoms with E-state index in [0.717, 1.165) is 9.13 Å². The third-order valence-corrected chi connectivity index (χ3v) is 2.71. The first kappa shape index (κ1) is 13.5. The van der Waals surface area contributed by atoms with Crippen LogP contribution in [0.2, 0.25) is 0 Å². The van der Waals surface area contributed by atoms with Crippen LogP contribution in [0.15, 0.2) is 33.9 Å². The van der Waals surface area contributed by atoms with Crippen LogP contribution in [0.5, 0.6) is 0 Å². The van der Waals surface area contributed by atoms with Gasteiger partial charge in [-0.3, -0.25) is 18.7 Å². The summed E-state index contributed by atoms with van der Waals surface area (Å²) < 4.78 is 1.47. The van der Waals surface area contributed by atoms with Gasteiger partial charge < -0.3 is 19.8 Å². The first-order valence-corrected chi connectivity index (χ1v) is 5.54. The molecular weight excluding hydrogens is 268 g/mol. The number of hydrogen-bond donors (Lipinski definition) is 0. The Hall–Kier alpha value is -2.90. The van der Waals surface area contributed by atoms with Crippen LogP contribution in [0, 0.1) is 0 Å². The molecule has 0 radical (unpaired) electrons. The molecule has 0 saturated carbocycles. The molecule has 0 aliphatic carbocycles. The van der Waals surface area contributed by atoms with Gasteiger partial charge in [-0.1, -0.05) is 12.1 Å². The molecular formula is C12H8N2O6-2. The minimum Gasteiger partial charge on any atom is -0.548 e. The maximum Gasteiger partial charge on any atom is 0.317 e. The van der Waals surface area contributed by atoms with Crippen molar-refractivity contribution in [2.75, 3.05) is 0 Å². The molecule has 104 valence electrons. The van der Waals surface area contributed by atoms with Crippen molar-refractivity contribution in [2.24, 2.45) is 0 Å². The van der Waals surface area contributed by atoms with Crippen molar-refractivity contribution in [1.29, 1.82) is 0 Å². The van der Waals surface area contributed by atoms with Gasteiger partial charge in [0.1, 0.15) is 0 Å². The van der Waals surface area contributed by atoms with E-state index in [-0.39, 0.29) is 11.0 Å². The van der Waals surface area contributed by atoms with Gasteiger partial charge in [0, 0.05) is 0 Å². The van der Waals surface area contributed by atoms with Crippen molar-refractivity contribution in [3.8, 4) is 0 Å². The highest BCUT2D eigenvalue weighted by molar-refractivity contribution is 5.78. The topological polar surface area (TPSA) is 124 Å². The normalized spacial score (nSPS) is 10.6. The molecule has 1 aromatic heterocycles. The molecule has 0 atom stereocenters. The molecule has 2 rings (SSSR count). The summed E-state index contributed by atoms with van der Waals surface area (Å²) in [6.07, 6.45) is 0. The zero-order valence-corrected chi connectivity index (χ0v) is 10.1. The van der Waals surface area contributed by atoms with Gasteiger partial charge in [-0.15, -0.1) is 0 Å². The summed E-state index contributed by atoms with van der Waals surface area (Å²) in [5.74, 6) is -3.07. The number of fused-ring (bicyclic) bond motifs is 1. The predicted molar refractivity (Wildman–Crippen MR) is 62.5 cm³/mol. The minimum atomic E-state index is -1.53. The molecule has 8 heteroatoms. The summed E-state index contributed by atoms with van der Waals surface area (Å²) in [5, 5.41) is 21.3. The standard InChI is InChI=1S/C12H10N2O6/c15-9(16)5-13-7-3-1-2-4-8(7)14(6-10(17)18)12(20)11(13)19/h1-4H,5-6H2,(H,15,16)(H,17,18)/p-2. The average Bonchev–Trinajstić information content (AvgIpc) is 2.39. The second-order valence-corrected chi connectivity index (χ2v) is 4.02. The zero-order chi connectivity index (χ0) is 14.9. The fourth-order valence-corrected chi connectivity index (χ4v) is 1.94. The highest BCUT2D eigenvalue weighted by Crippen LogP contribution is 2.09. The van der Waals surface area contributed by atoms with Crippen LogP contribution in [0.4, 0.5) is 0 Å². The van der Waals surface area contributed by atoms with Gasteiger partial charge in [-0.05, 0) is 12.1 Å². The Morgan fingerprint density at radius 1 is 0.850 bits per heavy atom. The number of carboxylic acids is 2. The number of carbonyl (C=O) groups excluding carboxylic acids is 2. The third-order valence-electron chi connectivity index (χ3n) is 2.71. The molecule has 2 aromatic rings. The van der Waals surface area contributed by atoms with Gasteiger partial charge in [-0.25, -0.2) is 0 Å². The Bertz CT molecular complexity index is 748. The lowest BCUT2D eigenvalue weighted by Gasteiger charge is -2.15. The summed E-state index contributed by atoms with van der Waals surface area (Å²) in [6.45, 7) is -1.58. The maximum atomic E-state index is 11.8. The van der Waals surface area contributed by atoms with E-state index in [2.05, 4.69) is 0 Å². The molecule has 0 N–H and O–H groups in total. The van der Waals surface area contributed by atoms with E-state index >= 15 is 0 Å². The number of para-hydroxylation sites is 2. The van der Waals surface area contributed by atoms with Crippen molar-refractivity contribution < 1.29 is 19.8 Å². The van der Waals surface area contributed by atoms with Crippen LogP contribution in [0.3, 0.4) is 0 Å². The Labute approximate surface area is 111 Å². The number of hydrogen-bond acceptors (Lipinski definition) is 6. The largest absolute Gasteiger partial charge is 0.548 e. The van der Waals surface area contributed by atoms with E-state index < -0.39 is 36.1 Å². The molecule has 0 amide bonds. The number of rotatable bonds is 4. The highest BCUT2D eigenvalue weighted by atomic mass is 16.4. The van der Waals surface area contributed by atoms with Crippen LogP contribution in [0.1, 0.15) is 0 Å². The number of carboxylic acid groups (broad SMARTS) is 2. The van der Waals surface area contributed by atoms with Crippen LogP contribution in [0.25, 0.3) is 11.0 Å². The summed E-state index contributed by atoms with van der Waals surface area (Å²) in [6, 6.07) is 5.87. The lowest BCUT2D eigenvalue weighted by Crippen LogP contribution is -2.46. The lowest BCUT2D eigenvalue weighted by atomic mass is 10.2. The summed E-state index contributed by atoms with van der Waals surface area (Å²) >= 11 is 0. The fraction of sp³-hybridized carbons (Fsp3) is 0.167. The van der Waals surface area contributed by atoms with E-state index in [0.29, 0.717) is 0 Å². The van der Waals surface area contributed by atoms with Crippen molar-refractivity contribution in [2.45, 2.75) is 13.1 Å². The van der Waals surface area contributed by atoms with E-state index in [1.165, 1.54) is 24.3 Å².